The second-order valence-electron chi connectivity index (χ2n) is 15.7. The number of rotatable bonds is 26. The van der Waals surface area contributed by atoms with Crippen LogP contribution in [-0.2, 0) is 56.1 Å². The van der Waals surface area contributed by atoms with E-state index in [2.05, 4.69) is 26.6 Å². The topological polar surface area (TPSA) is 282 Å². The lowest BCUT2D eigenvalue weighted by atomic mass is 10.0. The van der Waals surface area contributed by atoms with Crippen molar-refractivity contribution in [1.29, 1.82) is 0 Å². The number of nitrogens with one attached hydrogen (secondary N) is 5. The number of anilines is 1. The van der Waals surface area contributed by atoms with Gasteiger partial charge in [0.1, 0.15) is 30.2 Å². The standard InChI is InChI=1S/C46H58N6O12/c1-27-13-11-14-28(2)40(27)46(62)64-26-37(53)35(24-39(56)57)51-42(58)33(19-9-10-22-47)50-45(61)41(29(3)63-25-30-15-5-4-6-16-30)52-43(59)34(20-12-21-38(54)55)49-44(60)36-23-31-17-7-8-18-32(31)48-36/h4-8,11,13-18,29,33-36,41,48H,9-10,12,19-26,47H2,1-3H3,(H,49,60)(H,50,61)(H,51,58)(H,52,59)(H,54,55)(H,56,57)/t29?,33-,34-,35-,36-,41-/m0/s1. The van der Waals surface area contributed by atoms with Crippen LogP contribution in [0.1, 0.15) is 84.5 Å². The molecule has 0 aliphatic carbocycles. The fourth-order valence-corrected chi connectivity index (χ4v) is 7.16. The molecule has 1 aliphatic heterocycles. The summed E-state index contributed by atoms with van der Waals surface area (Å²) >= 11 is 0. The number of esters is 1. The number of aryl methyl sites for hydroxylation is 2. The molecule has 0 aromatic heterocycles. The molecule has 1 unspecified atom stereocenters. The molecule has 0 fully saturated rings. The van der Waals surface area contributed by atoms with E-state index in [0.717, 1.165) is 16.8 Å². The summed E-state index contributed by atoms with van der Waals surface area (Å²) < 4.78 is 11.3. The maximum atomic E-state index is 14.3. The molecule has 0 saturated carbocycles. The number of carboxylic acid groups (broad SMARTS) is 2. The first-order valence-electron chi connectivity index (χ1n) is 21.2. The van der Waals surface area contributed by atoms with Crippen LogP contribution in [0.15, 0.2) is 72.8 Å². The number of fused-ring (bicyclic) bond motifs is 1. The molecular weight excluding hydrogens is 829 g/mol. The van der Waals surface area contributed by atoms with Gasteiger partial charge in [0.2, 0.25) is 23.6 Å². The van der Waals surface area contributed by atoms with Gasteiger partial charge in [0.05, 0.1) is 24.7 Å². The van der Waals surface area contributed by atoms with Gasteiger partial charge in [0, 0.05) is 18.5 Å². The van der Waals surface area contributed by atoms with Crippen LogP contribution in [-0.4, -0.2) is 107 Å². The Bertz CT molecular complexity index is 2090. The zero-order valence-corrected chi connectivity index (χ0v) is 36.2. The van der Waals surface area contributed by atoms with Gasteiger partial charge in [-0.25, -0.2) is 4.79 Å². The number of hydrogen-bond donors (Lipinski definition) is 8. The SMILES string of the molecule is Cc1cccc(C)c1C(=O)OCC(=O)[C@H](CC(=O)O)NC(=O)[C@H](CCCCN)NC(=O)[C@@H](NC(=O)[C@H](CCCC(=O)O)NC(=O)[C@@H]1Cc2ccccc2N1)C(C)OCc1ccccc1. The van der Waals surface area contributed by atoms with Gasteiger partial charge in [-0.3, -0.25) is 33.6 Å². The van der Waals surface area contributed by atoms with E-state index < -0.39 is 96.7 Å². The van der Waals surface area contributed by atoms with Gasteiger partial charge in [-0.1, -0.05) is 66.7 Å². The number of benzene rings is 3. The van der Waals surface area contributed by atoms with Crippen molar-refractivity contribution in [3.8, 4) is 0 Å². The minimum absolute atomic E-state index is 0.00724. The maximum absolute atomic E-state index is 14.3. The number of carboxylic acids is 2. The summed E-state index contributed by atoms with van der Waals surface area (Å²) in [6.45, 7) is 4.31. The van der Waals surface area contributed by atoms with Crippen LogP contribution in [0.2, 0.25) is 0 Å². The minimum atomic E-state index is -1.66. The van der Waals surface area contributed by atoms with Crippen molar-refractivity contribution in [3.05, 3.63) is 101 Å². The van der Waals surface area contributed by atoms with Crippen LogP contribution in [0, 0.1) is 13.8 Å². The van der Waals surface area contributed by atoms with Gasteiger partial charge >= 0.3 is 17.9 Å². The van der Waals surface area contributed by atoms with E-state index >= 15 is 0 Å². The zero-order chi connectivity index (χ0) is 46.8. The van der Waals surface area contributed by atoms with Gasteiger partial charge in [0.15, 0.2) is 12.4 Å². The summed E-state index contributed by atoms with van der Waals surface area (Å²) in [5.41, 5.74) is 9.57. The summed E-state index contributed by atoms with van der Waals surface area (Å²) in [6.07, 6.45) is -1.25. The van der Waals surface area contributed by atoms with Crippen LogP contribution in [0.4, 0.5) is 5.69 Å². The van der Waals surface area contributed by atoms with E-state index in [4.69, 9.17) is 15.2 Å². The average Bonchev–Trinajstić information content (AvgIpc) is 3.70. The smallest absolute Gasteiger partial charge is 0.339 e. The van der Waals surface area contributed by atoms with Crippen molar-refractivity contribution in [2.45, 2.75) is 115 Å². The number of amides is 4. The maximum Gasteiger partial charge on any atom is 0.339 e. The van der Waals surface area contributed by atoms with E-state index in [9.17, 15) is 48.6 Å². The lowest BCUT2D eigenvalue weighted by Gasteiger charge is -2.29. The Kier molecular flexibility index (Phi) is 19.4. The highest BCUT2D eigenvalue weighted by atomic mass is 16.5. The Balaban J connectivity index is 1.55. The van der Waals surface area contributed by atoms with Crippen molar-refractivity contribution in [2.24, 2.45) is 5.73 Å². The molecule has 0 bridgehead atoms. The third-order valence-electron chi connectivity index (χ3n) is 10.7. The van der Waals surface area contributed by atoms with Gasteiger partial charge in [-0.05, 0) is 87.7 Å². The predicted octanol–water partition coefficient (Wildman–Crippen LogP) is 2.47. The largest absolute Gasteiger partial charge is 0.481 e. The summed E-state index contributed by atoms with van der Waals surface area (Å²) in [5.74, 6) is -7.44. The molecule has 0 spiro atoms. The number of nitrogens with two attached hydrogens (primary N) is 1. The second-order valence-corrected chi connectivity index (χ2v) is 15.7. The van der Waals surface area contributed by atoms with Crippen molar-refractivity contribution < 1.29 is 58.0 Å². The molecule has 3 aromatic rings. The fourth-order valence-electron chi connectivity index (χ4n) is 7.16. The van der Waals surface area contributed by atoms with Crippen molar-refractivity contribution in [1.82, 2.24) is 21.3 Å². The number of Topliss-reactive ketones (excluding diaryl/α,β-unsaturated/α-hetero) is 1. The van der Waals surface area contributed by atoms with E-state index in [1.54, 1.807) is 56.3 Å². The lowest BCUT2D eigenvalue weighted by molar-refractivity contribution is -0.141. The van der Waals surface area contributed by atoms with Gasteiger partial charge in [-0.2, -0.15) is 0 Å². The highest BCUT2D eigenvalue weighted by Crippen LogP contribution is 2.25. The molecule has 1 heterocycles. The highest BCUT2D eigenvalue weighted by molar-refractivity contribution is 5.99. The van der Waals surface area contributed by atoms with Crippen LogP contribution in [0.5, 0.6) is 0 Å². The molecule has 0 saturated heterocycles. The monoisotopic (exact) mass is 886 g/mol. The van der Waals surface area contributed by atoms with Crippen molar-refractivity contribution >= 4 is 53.0 Å². The number of unbranched alkanes of at least 4 members (excludes halogenated alkanes) is 1. The molecule has 344 valence electrons. The number of aliphatic carboxylic acids is 2. The number of para-hydroxylation sites is 1. The third-order valence-corrected chi connectivity index (χ3v) is 10.7. The van der Waals surface area contributed by atoms with Crippen molar-refractivity contribution in [2.75, 3.05) is 18.5 Å². The minimum Gasteiger partial charge on any atom is -0.481 e. The molecule has 64 heavy (non-hydrogen) atoms. The second kappa shape index (κ2) is 24.8. The predicted molar refractivity (Wildman–Crippen MR) is 234 cm³/mol. The van der Waals surface area contributed by atoms with E-state index in [0.29, 0.717) is 30.4 Å². The first-order chi connectivity index (χ1) is 30.6. The van der Waals surface area contributed by atoms with Gasteiger partial charge < -0.3 is 52.0 Å². The first kappa shape index (κ1) is 50.0. The Hall–Kier alpha value is -6.66. The Labute approximate surface area is 371 Å². The molecule has 3 aromatic carbocycles. The molecule has 0 radical (unpaired) electrons. The quantitative estimate of drug-likeness (QED) is 0.0425. The van der Waals surface area contributed by atoms with Crippen LogP contribution < -0.4 is 32.3 Å². The van der Waals surface area contributed by atoms with E-state index in [1.165, 1.54) is 6.92 Å². The molecule has 4 rings (SSSR count). The third kappa shape index (κ3) is 15.3. The van der Waals surface area contributed by atoms with Crippen molar-refractivity contribution in [3.63, 3.8) is 0 Å². The normalized spacial score (nSPS) is 15.2. The Morgan fingerprint density at radius 2 is 1.36 bits per heavy atom. The van der Waals surface area contributed by atoms with Crippen LogP contribution >= 0.6 is 0 Å². The average molecular weight is 887 g/mol. The molecule has 9 N–H and O–H groups in total. The van der Waals surface area contributed by atoms with Gasteiger partial charge in [-0.15, -0.1) is 0 Å². The Morgan fingerprint density at radius 3 is 2.02 bits per heavy atom. The fraction of sp³-hybridized carbons (Fsp3) is 0.435. The summed E-state index contributed by atoms with van der Waals surface area (Å²) in [6, 6.07) is 14.9. The summed E-state index contributed by atoms with van der Waals surface area (Å²) in [7, 11) is 0. The number of ether oxygens (including phenoxy) is 2. The van der Waals surface area contributed by atoms with E-state index in [1.807, 2.05) is 30.3 Å². The molecule has 1 aliphatic rings. The molecular formula is C46H58N6O12. The number of ketones is 1. The highest BCUT2D eigenvalue weighted by Gasteiger charge is 2.36. The molecule has 18 nitrogen and oxygen atoms in total. The zero-order valence-electron chi connectivity index (χ0n) is 36.2. The van der Waals surface area contributed by atoms with Crippen LogP contribution in [0.3, 0.4) is 0 Å². The van der Waals surface area contributed by atoms with E-state index in [-0.39, 0.29) is 44.4 Å². The number of carbonyl (C=O) groups excluding carboxylic acids is 6. The van der Waals surface area contributed by atoms with Gasteiger partial charge in [0.25, 0.3) is 0 Å². The molecule has 6 atom stereocenters. The number of carbonyl (C=O) groups is 8. The van der Waals surface area contributed by atoms with Crippen LogP contribution in [0.25, 0.3) is 0 Å². The molecule has 4 amide bonds. The summed E-state index contributed by atoms with van der Waals surface area (Å²) in [5, 5.41) is 32.5. The first-order valence-corrected chi connectivity index (χ1v) is 21.2. The Morgan fingerprint density at radius 1 is 0.734 bits per heavy atom. The summed E-state index contributed by atoms with van der Waals surface area (Å²) in [4.78, 5) is 105. The molecule has 18 heteroatoms. The lowest BCUT2D eigenvalue weighted by Crippen LogP contribution is -2.61. The number of hydrogen-bond acceptors (Lipinski definition) is 12.